The van der Waals surface area contributed by atoms with Crippen molar-refractivity contribution in [3.8, 4) is 5.75 Å². The van der Waals surface area contributed by atoms with Crippen LogP contribution in [0.25, 0.3) is 0 Å². The van der Waals surface area contributed by atoms with Gasteiger partial charge in [-0.05, 0) is 57.2 Å². The maximum Gasteiger partial charge on any atom is 0.332 e. The Bertz CT molecular complexity index is 1190. The van der Waals surface area contributed by atoms with Crippen LogP contribution in [0, 0.1) is 0 Å². The Hall–Kier alpha value is -3.72. The minimum Gasteiger partial charge on any atom is -0.497 e. The fraction of sp³-hybridized carbons (Fsp3) is 0.414. The highest BCUT2D eigenvalue weighted by molar-refractivity contribution is 5.74. The number of rotatable bonds is 9. The molecule has 0 saturated carbocycles. The minimum absolute atomic E-state index is 0.148. The Kier molecular flexibility index (Phi) is 8.46. The van der Waals surface area contributed by atoms with E-state index in [1.165, 1.54) is 0 Å². The first kappa shape index (κ1) is 27.3. The molecule has 1 saturated heterocycles. The van der Waals surface area contributed by atoms with Gasteiger partial charge in [-0.3, -0.25) is 9.88 Å². The zero-order chi connectivity index (χ0) is 27.2. The number of piperidine rings is 1. The molecule has 0 N–H and O–H groups in total. The lowest BCUT2D eigenvalue weighted by atomic mass is 9.94. The number of esters is 1. The molecule has 0 amide bonds. The van der Waals surface area contributed by atoms with E-state index in [4.69, 9.17) is 19.2 Å². The average Bonchev–Trinajstić information content (AvgIpc) is 2.89. The van der Waals surface area contributed by atoms with E-state index in [0.717, 1.165) is 17.1 Å². The highest BCUT2D eigenvalue weighted by Crippen LogP contribution is 2.35. The van der Waals surface area contributed by atoms with Crippen molar-refractivity contribution in [2.75, 3.05) is 43.2 Å². The molecule has 2 heterocycles. The summed E-state index contributed by atoms with van der Waals surface area (Å²) in [7, 11) is 1.64. The molecule has 202 valence electrons. The number of hydrogen-bond acceptors (Lipinski definition) is 8. The summed E-state index contributed by atoms with van der Waals surface area (Å²) in [5.41, 5.74) is -0.263. The third-order valence-electron chi connectivity index (χ3n) is 6.17. The zero-order valence-corrected chi connectivity index (χ0v) is 22.4. The lowest BCUT2D eigenvalue weighted by Crippen LogP contribution is -2.45. The number of carbonyl (C=O) groups is 1. The van der Waals surface area contributed by atoms with Crippen molar-refractivity contribution in [2.24, 2.45) is 0 Å². The molecule has 38 heavy (non-hydrogen) atoms. The first-order chi connectivity index (χ1) is 18.2. The van der Waals surface area contributed by atoms with Crippen LogP contribution in [-0.2, 0) is 14.3 Å². The molecule has 4 rings (SSSR count). The normalized spacial score (nSPS) is 15.1. The molecule has 0 aliphatic carbocycles. The van der Waals surface area contributed by atoms with Gasteiger partial charge in [0.2, 0.25) is 0 Å². The fourth-order valence-corrected chi connectivity index (χ4v) is 4.30. The molecule has 0 atom stereocenters. The number of nitrogens with zero attached hydrogens (tertiary/aromatic N) is 4. The van der Waals surface area contributed by atoms with Crippen LogP contribution in [0.1, 0.15) is 33.6 Å². The van der Waals surface area contributed by atoms with E-state index >= 15 is 4.39 Å². The summed E-state index contributed by atoms with van der Waals surface area (Å²) in [6.07, 6.45) is 3.93. The Morgan fingerprint density at radius 1 is 1.03 bits per heavy atom. The van der Waals surface area contributed by atoms with Crippen LogP contribution in [0.5, 0.6) is 5.75 Å². The summed E-state index contributed by atoms with van der Waals surface area (Å²) in [6.45, 7) is 5.85. The van der Waals surface area contributed by atoms with Gasteiger partial charge >= 0.3 is 5.97 Å². The molecule has 0 spiro atoms. The number of aromatic nitrogens is 2. The third kappa shape index (κ3) is 7.19. The molecule has 0 radical (unpaired) electrons. The largest absolute Gasteiger partial charge is 0.497 e. The van der Waals surface area contributed by atoms with Crippen molar-refractivity contribution in [3.63, 3.8) is 0 Å². The molecule has 9 heteroatoms. The van der Waals surface area contributed by atoms with Crippen molar-refractivity contribution >= 4 is 29.0 Å². The SMILES string of the molecule is COc1ccc(N(c2ccccc2)c2cncc(N3CCC(F)(COCC(=O)OC(C)(C)C)CC3)n2)cc1. The number of halogens is 1. The predicted molar refractivity (Wildman–Crippen MR) is 145 cm³/mol. The van der Waals surface area contributed by atoms with Crippen LogP contribution in [0.2, 0.25) is 0 Å². The van der Waals surface area contributed by atoms with Gasteiger partial charge in [0.25, 0.3) is 0 Å². The monoisotopic (exact) mass is 522 g/mol. The van der Waals surface area contributed by atoms with Gasteiger partial charge in [-0.2, -0.15) is 0 Å². The molecule has 0 unspecified atom stereocenters. The minimum atomic E-state index is -1.51. The first-order valence-corrected chi connectivity index (χ1v) is 12.7. The predicted octanol–water partition coefficient (Wildman–Crippen LogP) is 5.62. The second-order valence-electron chi connectivity index (χ2n) is 10.3. The number of methoxy groups -OCH3 is 1. The Labute approximate surface area is 223 Å². The number of anilines is 4. The summed E-state index contributed by atoms with van der Waals surface area (Å²) in [4.78, 5) is 25.3. The second kappa shape index (κ2) is 11.8. The van der Waals surface area contributed by atoms with Crippen LogP contribution >= 0.6 is 0 Å². The highest BCUT2D eigenvalue weighted by Gasteiger charge is 2.36. The smallest absolute Gasteiger partial charge is 0.332 e. The van der Waals surface area contributed by atoms with E-state index in [0.29, 0.717) is 24.7 Å². The number of hydrogen-bond donors (Lipinski definition) is 0. The van der Waals surface area contributed by atoms with Gasteiger partial charge in [-0.1, -0.05) is 18.2 Å². The molecule has 8 nitrogen and oxygen atoms in total. The van der Waals surface area contributed by atoms with Crippen molar-refractivity contribution in [3.05, 3.63) is 67.0 Å². The fourth-order valence-electron chi connectivity index (χ4n) is 4.30. The molecular weight excluding hydrogens is 487 g/mol. The number of benzene rings is 2. The van der Waals surface area contributed by atoms with E-state index in [1.54, 1.807) is 40.3 Å². The summed E-state index contributed by atoms with van der Waals surface area (Å²) in [5.74, 6) is 1.59. The quantitative estimate of drug-likeness (QED) is 0.335. The van der Waals surface area contributed by atoms with Gasteiger partial charge in [0, 0.05) is 37.3 Å². The van der Waals surface area contributed by atoms with Crippen LogP contribution in [0.15, 0.2) is 67.0 Å². The number of ether oxygens (including phenoxy) is 3. The summed E-state index contributed by atoms with van der Waals surface area (Å²) >= 11 is 0. The van der Waals surface area contributed by atoms with Crippen molar-refractivity contribution in [1.82, 2.24) is 9.97 Å². The maximum absolute atomic E-state index is 15.4. The van der Waals surface area contributed by atoms with Crippen LogP contribution < -0.4 is 14.5 Å². The van der Waals surface area contributed by atoms with E-state index in [2.05, 4.69) is 4.98 Å². The number of carbonyl (C=O) groups excluding carboxylic acids is 1. The van der Waals surface area contributed by atoms with Gasteiger partial charge in [-0.15, -0.1) is 0 Å². The van der Waals surface area contributed by atoms with E-state index < -0.39 is 17.2 Å². The van der Waals surface area contributed by atoms with Crippen molar-refractivity contribution < 1.29 is 23.4 Å². The zero-order valence-electron chi connectivity index (χ0n) is 22.4. The Morgan fingerprint density at radius 3 is 2.32 bits per heavy atom. The van der Waals surface area contributed by atoms with Gasteiger partial charge in [0.1, 0.15) is 29.4 Å². The van der Waals surface area contributed by atoms with Gasteiger partial charge in [-0.25, -0.2) is 14.2 Å². The van der Waals surface area contributed by atoms with Crippen LogP contribution in [0.4, 0.5) is 27.4 Å². The molecular formula is C29H35FN4O4. The molecule has 1 aliphatic heterocycles. The maximum atomic E-state index is 15.4. The second-order valence-corrected chi connectivity index (χ2v) is 10.3. The summed E-state index contributed by atoms with van der Waals surface area (Å²) in [6, 6.07) is 17.7. The number of para-hydroxylation sites is 1. The van der Waals surface area contributed by atoms with Gasteiger partial charge in [0.05, 0.1) is 26.1 Å². The molecule has 3 aromatic rings. The van der Waals surface area contributed by atoms with E-state index in [9.17, 15) is 4.79 Å². The highest BCUT2D eigenvalue weighted by atomic mass is 19.1. The Balaban J connectivity index is 1.44. The third-order valence-corrected chi connectivity index (χ3v) is 6.17. The van der Waals surface area contributed by atoms with Crippen molar-refractivity contribution in [1.29, 1.82) is 0 Å². The van der Waals surface area contributed by atoms with Gasteiger partial charge < -0.3 is 19.1 Å². The Morgan fingerprint density at radius 2 is 1.68 bits per heavy atom. The molecule has 1 fully saturated rings. The molecule has 1 aliphatic rings. The first-order valence-electron chi connectivity index (χ1n) is 12.7. The van der Waals surface area contributed by atoms with Crippen molar-refractivity contribution in [2.45, 2.75) is 44.9 Å². The van der Waals surface area contributed by atoms with E-state index in [-0.39, 0.29) is 26.1 Å². The molecule has 1 aromatic heterocycles. The standard InChI is InChI=1S/C29H35FN4O4/c1-28(2,3)38-27(35)20-37-21-29(30)14-16-33(17-15-29)25-18-31-19-26(32-25)34(22-8-6-5-7-9-22)23-10-12-24(36-4)13-11-23/h5-13,18-19H,14-17,20-21H2,1-4H3. The van der Waals surface area contributed by atoms with E-state index in [1.807, 2.05) is 64.4 Å². The summed E-state index contributed by atoms with van der Waals surface area (Å²) < 4.78 is 31.3. The average molecular weight is 523 g/mol. The lowest BCUT2D eigenvalue weighted by Gasteiger charge is -2.37. The van der Waals surface area contributed by atoms with Crippen LogP contribution in [0.3, 0.4) is 0 Å². The van der Waals surface area contributed by atoms with Gasteiger partial charge in [0.15, 0.2) is 5.82 Å². The summed E-state index contributed by atoms with van der Waals surface area (Å²) in [5, 5.41) is 0. The number of alkyl halides is 1. The topological polar surface area (TPSA) is 77.0 Å². The molecule has 2 aromatic carbocycles. The lowest BCUT2D eigenvalue weighted by molar-refractivity contribution is -0.161. The van der Waals surface area contributed by atoms with Crippen LogP contribution in [-0.4, -0.2) is 60.6 Å². The molecule has 0 bridgehead atoms.